The number of esters is 1. The van der Waals surface area contributed by atoms with Gasteiger partial charge < -0.3 is 15.4 Å². The van der Waals surface area contributed by atoms with Crippen molar-refractivity contribution in [3.8, 4) is 0 Å². The van der Waals surface area contributed by atoms with Crippen LogP contribution in [0.1, 0.15) is 53.4 Å². The lowest BCUT2D eigenvalue weighted by Gasteiger charge is -2.21. The molecule has 0 radical (unpaired) electrons. The van der Waals surface area contributed by atoms with Gasteiger partial charge in [0.25, 0.3) is 0 Å². The Balaban J connectivity index is 4.22. The highest BCUT2D eigenvalue weighted by Crippen LogP contribution is 2.11. The molecule has 0 saturated heterocycles. The summed E-state index contributed by atoms with van der Waals surface area (Å²) in [4.78, 5) is 23.4. The minimum atomic E-state index is -0.601. The fourth-order valence-corrected chi connectivity index (χ4v) is 2.00. The van der Waals surface area contributed by atoms with Crippen molar-refractivity contribution < 1.29 is 14.3 Å². The molecule has 5 heteroatoms. The fourth-order valence-electron chi connectivity index (χ4n) is 2.00. The van der Waals surface area contributed by atoms with Gasteiger partial charge in [0, 0.05) is 6.54 Å². The Labute approximate surface area is 122 Å². The molecule has 0 aromatic carbocycles. The third-order valence-electron chi connectivity index (χ3n) is 3.50. The molecule has 2 amide bonds. The van der Waals surface area contributed by atoms with Crippen LogP contribution in [0.3, 0.4) is 0 Å². The Morgan fingerprint density at radius 1 is 1.20 bits per heavy atom. The summed E-state index contributed by atoms with van der Waals surface area (Å²) in [6, 6.07) is -0.903. The molecule has 0 aliphatic heterocycles. The monoisotopic (exact) mass is 286 g/mol. The van der Waals surface area contributed by atoms with Crippen LogP contribution in [0.15, 0.2) is 0 Å². The zero-order valence-electron chi connectivity index (χ0n) is 13.5. The highest BCUT2D eigenvalue weighted by Gasteiger charge is 2.24. The molecular formula is C15H30N2O3. The van der Waals surface area contributed by atoms with E-state index < -0.39 is 12.0 Å². The normalized spacial score (nSPS) is 13.7. The highest BCUT2D eigenvalue weighted by molar-refractivity contribution is 5.83. The molecule has 0 aliphatic carbocycles. The number of unbranched alkanes of at least 4 members (excludes halogenated alkanes) is 1. The number of rotatable bonds is 9. The molecule has 2 atom stereocenters. The number of urea groups is 1. The van der Waals surface area contributed by atoms with Crippen LogP contribution in [-0.2, 0) is 9.53 Å². The number of methoxy groups -OCH3 is 1. The molecule has 118 valence electrons. The maximum atomic E-state index is 11.8. The van der Waals surface area contributed by atoms with E-state index in [2.05, 4.69) is 24.5 Å². The van der Waals surface area contributed by atoms with E-state index in [1.165, 1.54) is 20.0 Å². The van der Waals surface area contributed by atoms with Gasteiger partial charge in [-0.05, 0) is 18.3 Å². The topological polar surface area (TPSA) is 67.4 Å². The molecule has 0 aromatic rings. The minimum Gasteiger partial charge on any atom is -0.467 e. The minimum absolute atomic E-state index is 0.00439. The number of hydrogen-bond acceptors (Lipinski definition) is 3. The second-order valence-corrected chi connectivity index (χ2v) is 5.52. The first kappa shape index (κ1) is 18.7. The maximum Gasteiger partial charge on any atom is 0.328 e. The molecule has 0 heterocycles. The molecule has 0 fully saturated rings. The first-order valence-corrected chi connectivity index (χ1v) is 7.58. The van der Waals surface area contributed by atoms with Crippen molar-refractivity contribution in [3.05, 3.63) is 0 Å². The molecule has 1 unspecified atom stereocenters. The van der Waals surface area contributed by atoms with Gasteiger partial charge in [-0.2, -0.15) is 0 Å². The quantitative estimate of drug-likeness (QED) is 0.640. The molecule has 0 saturated carbocycles. The van der Waals surface area contributed by atoms with Crippen LogP contribution in [-0.4, -0.2) is 31.7 Å². The zero-order valence-corrected chi connectivity index (χ0v) is 13.5. The van der Waals surface area contributed by atoms with Gasteiger partial charge in [-0.15, -0.1) is 0 Å². The molecule has 0 aliphatic rings. The number of ether oxygens (including phenoxy) is 1. The summed E-state index contributed by atoms with van der Waals surface area (Å²) in [5.74, 6) is 0.0831. The fraction of sp³-hybridized carbons (Fsp3) is 0.867. The van der Waals surface area contributed by atoms with Crippen molar-refractivity contribution in [1.29, 1.82) is 0 Å². The van der Waals surface area contributed by atoms with Crippen molar-refractivity contribution >= 4 is 12.0 Å². The summed E-state index contributed by atoms with van der Waals surface area (Å²) in [6.45, 7) is 8.69. The highest BCUT2D eigenvalue weighted by atomic mass is 16.5. The van der Waals surface area contributed by atoms with Crippen molar-refractivity contribution in [2.45, 2.75) is 59.4 Å². The summed E-state index contributed by atoms with van der Waals surface area (Å²) in [5, 5.41) is 5.53. The van der Waals surface area contributed by atoms with Crippen LogP contribution >= 0.6 is 0 Å². The van der Waals surface area contributed by atoms with Crippen molar-refractivity contribution in [1.82, 2.24) is 10.6 Å². The third-order valence-corrected chi connectivity index (χ3v) is 3.50. The predicted molar refractivity (Wildman–Crippen MR) is 80.5 cm³/mol. The second kappa shape index (κ2) is 10.5. The molecule has 2 N–H and O–H groups in total. The van der Waals surface area contributed by atoms with E-state index in [1.54, 1.807) is 0 Å². The van der Waals surface area contributed by atoms with Gasteiger partial charge in [-0.1, -0.05) is 47.0 Å². The lowest BCUT2D eigenvalue weighted by molar-refractivity contribution is -0.143. The number of amides is 2. The lowest BCUT2D eigenvalue weighted by atomic mass is 9.99. The second-order valence-electron chi connectivity index (χ2n) is 5.52. The Morgan fingerprint density at radius 2 is 1.85 bits per heavy atom. The van der Waals surface area contributed by atoms with E-state index >= 15 is 0 Å². The van der Waals surface area contributed by atoms with E-state index in [-0.39, 0.29) is 11.9 Å². The number of nitrogens with one attached hydrogen (secondary N) is 2. The SMILES string of the molecule is CCCCC(CC)CNC(=O)N[C@H](C(=O)OC)C(C)C. The number of carbonyl (C=O) groups is 2. The van der Waals surface area contributed by atoms with E-state index in [1.807, 2.05) is 13.8 Å². The van der Waals surface area contributed by atoms with E-state index in [0.29, 0.717) is 12.5 Å². The van der Waals surface area contributed by atoms with Gasteiger partial charge in [-0.25, -0.2) is 9.59 Å². The summed E-state index contributed by atoms with van der Waals surface area (Å²) in [7, 11) is 1.33. The van der Waals surface area contributed by atoms with E-state index in [0.717, 1.165) is 12.8 Å². The van der Waals surface area contributed by atoms with Crippen LogP contribution in [0, 0.1) is 11.8 Å². The van der Waals surface area contributed by atoms with Crippen LogP contribution in [0.5, 0.6) is 0 Å². The van der Waals surface area contributed by atoms with Gasteiger partial charge in [0.05, 0.1) is 7.11 Å². The number of hydrogen-bond donors (Lipinski definition) is 2. The third kappa shape index (κ3) is 7.36. The largest absolute Gasteiger partial charge is 0.467 e. The number of carbonyl (C=O) groups excluding carboxylic acids is 2. The van der Waals surface area contributed by atoms with Crippen LogP contribution in [0.2, 0.25) is 0 Å². The van der Waals surface area contributed by atoms with Crippen LogP contribution in [0.25, 0.3) is 0 Å². The van der Waals surface area contributed by atoms with E-state index in [9.17, 15) is 9.59 Å². The van der Waals surface area contributed by atoms with Crippen LogP contribution in [0.4, 0.5) is 4.79 Å². The van der Waals surface area contributed by atoms with Crippen molar-refractivity contribution in [3.63, 3.8) is 0 Å². The van der Waals surface area contributed by atoms with Crippen LogP contribution < -0.4 is 10.6 Å². The summed E-state index contributed by atoms with van der Waals surface area (Å²) >= 11 is 0. The molecule has 0 rings (SSSR count). The smallest absolute Gasteiger partial charge is 0.328 e. The Morgan fingerprint density at radius 3 is 2.30 bits per heavy atom. The van der Waals surface area contributed by atoms with Crippen molar-refractivity contribution in [2.24, 2.45) is 11.8 Å². The predicted octanol–water partition coefficient (Wildman–Crippen LogP) is 2.70. The molecule has 0 spiro atoms. The lowest BCUT2D eigenvalue weighted by Crippen LogP contribution is -2.49. The Kier molecular flexibility index (Phi) is 9.86. The summed E-state index contributed by atoms with van der Waals surface area (Å²) in [5.41, 5.74) is 0. The van der Waals surface area contributed by atoms with Gasteiger partial charge in [-0.3, -0.25) is 0 Å². The van der Waals surface area contributed by atoms with Gasteiger partial charge >= 0.3 is 12.0 Å². The van der Waals surface area contributed by atoms with Gasteiger partial charge in [0.1, 0.15) is 6.04 Å². The van der Waals surface area contributed by atoms with Crippen molar-refractivity contribution in [2.75, 3.05) is 13.7 Å². The molecular weight excluding hydrogens is 256 g/mol. The average molecular weight is 286 g/mol. The summed E-state index contributed by atoms with van der Waals surface area (Å²) < 4.78 is 4.69. The van der Waals surface area contributed by atoms with E-state index in [4.69, 9.17) is 4.74 Å². The Bertz CT molecular complexity index is 293. The van der Waals surface area contributed by atoms with Gasteiger partial charge in [0.2, 0.25) is 0 Å². The average Bonchev–Trinajstić information content (AvgIpc) is 2.43. The standard InChI is InChI=1S/C15H30N2O3/c1-6-8-9-12(7-2)10-16-15(19)17-13(11(3)4)14(18)20-5/h11-13H,6-10H2,1-5H3,(H2,16,17,19)/t12?,13-/m0/s1. The summed E-state index contributed by atoms with van der Waals surface area (Å²) in [6.07, 6.45) is 4.52. The Hall–Kier alpha value is -1.26. The van der Waals surface area contributed by atoms with Gasteiger partial charge in [0.15, 0.2) is 0 Å². The first-order chi connectivity index (χ1) is 9.46. The maximum absolute atomic E-state index is 11.8. The molecule has 0 aromatic heterocycles. The first-order valence-electron chi connectivity index (χ1n) is 7.58. The zero-order chi connectivity index (χ0) is 15.5. The molecule has 5 nitrogen and oxygen atoms in total. The molecule has 20 heavy (non-hydrogen) atoms. The molecule has 0 bridgehead atoms.